The number of benzene rings is 2. The molecule has 5 heteroatoms. The molecule has 4 aromatic rings. The Balaban J connectivity index is 1.92. The van der Waals surface area contributed by atoms with Gasteiger partial charge in [-0.3, -0.25) is 15.0 Å². The van der Waals surface area contributed by atoms with E-state index in [1.165, 1.54) is 0 Å². The summed E-state index contributed by atoms with van der Waals surface area (Å²) in [5, 5.41) is 8.66. The first kappa shape index (κ1) is 14.6. The third kappa shape index (κ3) is 2.68. The normalized spacial score (nSPS) is 13.0. The molecule has 0 atom stereocenters. The third-order valence-electron chi connectivity index (χ3n) is 3.95. The summed E-state index contributed by atoms with van der Waals surface area (Å²) in [6.07, 6.45) is 5.70. The van der Waals surface area contributed by atoms with Gasteiger partial charge in [0, 0.05) is 27.7 Å². The first-order chi connectivity index (χ1) is 11.7. The number of aromatic nitrogens is 3. The van der Waals surface area contributed by atoms with Gasteiger partial charge in [0.15, 0.2) is 0 Å². The predicted octanol–water partition coefficient (Wildman–Crippen LogP) is 2.50. The second kappa shape index (κ2) is 5.91. The van der Waals surface area contributed by atoms with Crippen molar-refractivity contribution in [1.29, 1.82) is 0 Å². The molecule has 0 amide bonds. The van der Waals surface area contributed by atoms with Gasteiger partial charge < -0.3 is 4.98 Å². The van der Waals surface area contributed by atoms with Crippen LogP contribution in [0, 0.1) is 0 Å². The lowest BCUT2D eigenvalue weighted by Crippen LogP contribution is -2.33. The monoisotopic (exact) mass is 335 g/mol. The quantitative estimate of drug-likeness (QED) is 0.518. The van der Waals surface area contributed by atoms with Gasteiger partial charge in [-0.1, -0.05) is 41.9 Å². The molecule has 2 aromatic heterocycles. The molecule has 0 fully saturated rings. The van der Waals surface area contributed by atoms with E-state index in [0.717, 1.165) is 27.4 Å². The number of nitrogens with one attached hydrogen (secondary N) is 3. The van der Waals surface area contributed by atoms with Crippen molar-refractivity contribution in [3.63, 3.8) is 0 Å². The van der Waals surface area contributed by atoms with Gasteiger partial charge in [0.1, 0.15) is 0 Å². The van der Waals surface area contributed by atoms with E-state index in [1.54, 1.807) is 0 Å². The molecule has 0 aliphatic carbocycles. The van der Waals surface area contributed by atoms with Crippen molar-refractivity contribution >= 4 is 34.7 Å². The Kier molecular flexibility index (Phi) is 3.59. The molecule has 4 nitrogen and oxygen atoms in total. The SMILES string of the molecule is O=c1[nH][nH]c(=Cc2ccc(Cl)cc2)c1=Cc1c[nH]c2ccccc12. The fourth-order valence-corrected chi connectivity index (χ4v) is 2.86. The molecule has 0 spiro atoms. The van der Waals surface area contributed by atoms with Gasteiger partial charge in [-0.05, 0) is 35.9 Å². The third-order valence-corrected chi connectivity index (χ3v) is 4.20. The summed E-state index contributed by atoms with van der Waals surface area (Å²) in [6, 6.07) is 15.4. The minimum absolute atomic E-state index is 0.152. The number of fused-ring (bicyclic) bond motifs is 1. The molecule has 118 valence electrons. The molecule has 0 bridgehead atoms. The Morgan fingerprint density at radius 1 is 0.917 bits per heavy atom. The Bertz CT molecular complexity index is 1180. The van der Waals surface area contributed by atoms with Crippen LogP contribution in [0.3, 0.4) is 0 Å². The van der Waals surface area contributed by atoms with Crippen LogP contribution in [-0.2, 0) is 0 Å². The highest BCUT2D eigenvalue weighted by molar-refractivity contribution is 6.30. The molecule has 2 heterocycles. The molecule has 0 saturated heterocycles. The minimum Gasteiger partial charge on any atom is -0.361 e. The Morgan fingerprint density at radius 3 is 2.54 bits per heavy atom. The topological polar surface area (TPSA) is 64.4 Å². The molecular weight excluding hydrogens is 322 g/mol. The van der Waals surface area contributed by atoms with Gasteiger partial charge in [0.2, 0.25) is 0 Å². The first-order valence-electron chi connectivity index (χ1n) is 7.52. The first-order valence-corrected chi connectivity index (χ1v) is 7.90. The summed E-state index contributed by atoms with van der Waals surface area (Å²) in [5.74, 6) is 0. The molecule has 24 heavy (non-hydrogen) atoms. The molecule has 0 aliphatic heterocycles. The Morgan fingerprint density at radius 2 is 1.71 bits per heavy atom. The molecule has 4 rings (SSSR count). The average Bonchev–Trinajstić information content (AvgIpc) is 3.16. The smallest absolute Gasteiger partial charge is 0.271 e. The fraction of sp³-hybridized carbons (Fsp3) is 0. The van der Waals surface area contributed by atoms with Crippen LogP contribution in [0.2, 0.25) is 5.02 Å². The number of hydrogen-bond acceptors (Lipinski definition) is 1. The van der Waals surface area contributed by atoms with Crippen molar-refractivity contribution in [2.75, 3.05) is 0 Å². The predicted molar refractivity (Wildman–Crippen MR) is 97.5 cm³/mol. The Hall–Kier alpha value is -2.98. The van der Waals surface area contributed by atoms with Crippen LogP contribution in [-0.4, -0.2) is 15.2 Å². The Labute approximate surface area is 142 Å². The van der Waals surface area contributed by atoms with Gasteiger partial charge in [-0.25, -0.2) is 0 Å². The van der Waals surface area contributed by atoms with Crippen molar-refractivity contribution in [3.8, 4) is 0 Å². The lowest BCUT2D eigenvalue weighted by atomic mass is 10.1. The molecule has 0 aliphatic rings. The highest BCUT2D eigenvalue weighted by atomic mass is 35.5. The molecule has 0 radical (unpaired) electrons. The number of H-pyrrole nitrogens is 3. The van der Waals surface area contributed by atoms with E-state index in [9.17, 15) is 4.79 Å². The summed E-state index contributed by atoms with van der Waals surface area (Å²) < 4.78 is 0. The summed E-state index contributed by atoms with van der Waals surface area (Å²) in [6.45, 7) is 0. The maximum Gasteiger partial charge on any atom is 0.271 e. The van der Waals surface area contributed by atoms with E-state index in [4.69, 9.17) is 11.6 Å². The van der Waals surface area contributed by atoms with Crippen LogP contribution in [0.1, 0.15) is 11.1 Å². The lowest BCUT2D eigenvalue weighted by Gasteiger charge is -1.92. The maximum atomic E-state index is 12.2. The van der Waals surface area contributed by atoms with Crippen LogP contribution < -0.4 is 16.1 Å². The van der Waals surface area contributed by atoms with Crippen molar-refractivity contribution in [1.82, 2.24) is 15.2 Å². The zero-order chi connectivity index (χ0) is 16.5. The average molecular weight is 336 g/mol. The van der Waals surface area contributed by atoms with Gasteiger partial charge >= 0.3 is 0 Å². The minimum atomic E-state index is -0.152. The van der Waals surface area contributed by atoms with E-state index >= 15 is 0 Å². The van der Waals surface area contributed by atoms with Crippen LogP contribution >= 0.6 is 11.6 Å². The van der Waals surface area contributed by atoms with E-state index in [2.05, 4.69) is 15.2 Å². The van der Waals surface area contributed by atoms with Gasteiger partial charge in [0.05, 0.1) is 10.6 Å². The van der Waals surface area contributed by atoms with Crippen LogP contribution in [0.5, 0.6) is 0 Å². The maximum absolute atomic E-state index is 12.2. The van der Waals surface area contributed by atoms with E-state index < -0.39 is 0 Å². The molecule has 3 N–H and O–H groups in total. The summed E-state index contributed by atoms with van der Waals surface area (Å²) in [7, 11) is 0. The van der Waals surface area contributed by atoms with Gasteiger partial charge in [-0.2, -0.15) is 0 Å². The number of halogens is 1. The van der Waals surface area contributed by atoms with E-state index in [-0.39, 0.29) is 5.56 Å². The number of hydrogen-bond donors (Lipinski definition) is 3. The second-order valence-electron chi connectivity index (χ2n) is 5.54. The highest BCUT2D eigenvalue weighted by Crippen LogP contribution is 2.17. The molecule has 0 saturated carbocycles. The number of aromatic amines is 3. The van der Waals surface area contributed by atoms with Crippen molar-refractivity contribution in [2.45, 2.75) is 0 Å². The van der Waals surface area contributed by atoms with Gasteiger partial charge in [-0.15, -0.1) is 0 Å². The summed E-state index contributed by atoms with van der Waals surface area (Å²) >= 11 is 5.91. The van der Waals surface area contributed by atoms with E-state index in [1.807, 2.05) is 66.9 Å². The summed E-state index contributed by atoms with van der Waals surface area (Å²) in [5.41, 5.74) is 2.82. The zero-order valence-corrected chi connectivity index (χ0v) is 13.4. The van der Waals surface area contributed by atoms with Crippen LogP contribution in [0.15, 0.2) is 59.5 Å². The van der Waals surface area contributed by atoms with Crippen LogP contribution in [0.25, 0.3) is 23.1 Å². The largest absolute Gasteiger partial charge is 0.361 e. The van der Waals surface area contributed by atoms with E-state index in [0.29, 0.717) is 10.2 Å². The number of rotatable bonds is 2. The standard InChI is InChI=1S/C19H14ClN3O/c20-14-7-5-12(6-8-14)9-18-16(19(24)23-22-18)10-13-11-21-17-4-2-1-3-15(13)17/h1-11,21-22H,(H,23,24). The molecule has 0 unspecified atom stereocenters. The summed E-state index contributed by atoms with van der Waals surface area (Å²) in [4.78, 5) is 15.4. The second-order valence-corrected chi connectivity index (χ2v) is 5.97. The molecule has 2 aromatic carbocycles. The lowest BCUT2D eigenvalue weighted by molar-refractivity contribution is 1.03. The van der Waals surface area contributed by atoms with Crippen molar-refractivity contribution in [2.24, 2.45) is 0 Å². The van der Waals surface area contributed by atoms with Crippen molar-refractivity contribution in [3.05, 3.63) is 91.8 Å². The highest BCUT2D eigenvalue weighted by Gasteiger charge is 2.02. The molecular formula is C19H14ClN3O. The fourth-order valence-electron chi connectivity index (χ4n) is 2.73. The zero-order valence-electron chi connectivity index (χ0n) is 12.6. The van der Waals surface area contributed by atoms with Crippen LogP contribution in [0.4, 0.5) is 0 Å². The number of para-hydroxylation sites is 1. The van der Waals surface area contributed by atoms with Gasteiger partial charge in [0.25, 0.3) is 5.56 Å². The van der Waals surface area contributed by atoms with Crippen molar-refractivity contribution < 1.29 is 0 Å².